The zero-order valence-corrected chi connectivity index (χ0v) is 7.03. The topological polar surface area (TPSA) is 84.7 Å². The van der Waals surface area contributed by atoms with Crippen LogP contribution in [0.3, 0.4) is 0 Å². The number of primary amides is 1. The molecule has 0 bridgehead atoms. The third-order valence-electron chi connectivity index (χ3n) is 1.79. The highest BCUT2D eigenvalue weighted by molar-refractivity contribution is 6.02. The molecule has 1 amide bonds. The van der Waals surface area contributed by atoms with Gasteiger partial charge in [-0.2, -0.15) is 5.10 Å². The predicted molar refractivity (Wildman–Crippen MR) is 47.1 cm³/mol. The summed E-state index contributed by atoms with van der Waals surface area (Å²) in [6, 6.07) is 1.83. The van der Waals surface area contributed by atoms with Crippen molar-refractivity contribution in [2.45, 2.75) is 6.92 Å². The zero-order valence-electron chi connectivity index (χ0n) is 7.03. The first kappa shape index (κ1) is 7.72. The highest BCUT2D eigenvalue weighted by atomic mass is 16.1. The molecule has 5 nitrogen and oxygen atoms in total. The Labute approximate surface area is 74.0 Å². The Kier molecular flexibility index (Phi) is 1.51. The summed E-state index contributed by atoms with van der Waals surface area (Å²) in [7, 11) is 0. The van der Waals surface area contributed by atoms with Crippen LogP contribution in [0.1, 0.15) is 16.1 Å². The molecule has 0 unspecified atom stereocenters. The highest BCUT2D eigenvalue weighted by Crippen LogP contribution is 2.13. The van der Waals surface area contributed by atoms with E-state index in [1.807, 2.05) is 13.0 Å². The van der Waals surface area contributed by atoms with Gasteiger partial charge in [0.25, 0.3) is 5.91 Å². The number of nitrogens with zero attached hydrogens (tertiary/aromatic N) is 2. The van der Waals surface area contributed by atoms with Gasteiger partial charge in [0.2, 0.25) is 0 Å². The van der Waals surface area contributed by atoms with Crippen LogP contribution in [0.2, 0.25) is 0 Å². The van der Waals surface area contributed by atoms with Gasteiger partial charge in [-0.3, -0.25) is 9.89 Å². The molecule has 0 aliphatic heterocycles. The molecule has 0 spiro atoms. The molecule has 0 saturated heterocycles. The maximum absolute atomic E-state index is 10.9. The minimum atomic E-state index is -0.543. The standard InChI is InChI=1S/C8H8N4O/c1-4-2-5-6(7(9)13)11-12-8(5)10-3-4/h2-3H,1H3,(H2,9,13)(H,10,11,12). The van der Waals surface area contributed by atoms with Gasteiger partial charge in [0.15, 0.2) is 11.3 Å². The molecule has 0 atom stereocenters. The van der Waals surface area contributed by atoms with Crippen molar-refractivity contribution >= 4 is 16.9 Å². The molecule has 2 aromatic rings. The average molecular weight is 176 g/mol. The Morgan fingerprint density at radius 1 is 1.62 bits per heavy atom. The molecule has 0 aromatic carbocycles. The van der Waals surface area contributed by atoms with Gasteiger partial charge in [0.1, 0.15) is 0 Å². The molecule has 3 N–H and O–H groups in total. The number of amides is 1. The van der Waals surface area contributed by atoms with Gasteiger partial charge in [0, 0.05) is 6.20 Å². The normalized spacial score (nSPS) is 10.5. The predicted octanol–water partition coefficient (Wildman–Crippen LogP) is 0.365. The first-order chi connectivity index (χ1) is 6.18. The summed E-state index contributed by atoms with van der Waals surface area (Å²) in [5.41, 5.74) is 6.92. The average Bonchev–Trinajstić information content (AvgIpc) is 2.46. The molecule has 13 heavy (non-hydrogen) atoms. The Bertz CT molecular complexity index is 474. The van der Waals surface area contributed by atoms with E-state index in [9.17, 15) is 4.79 Å². The summed E-state index contributed by atoms with van der Waals surface area (Å²) in [4.78, 5) is 15.0. The summed E-state index contributed by atoms with van der Waals surface area (Å²) >= 11 is 0. The van der Waals surface area contributed by atoms with Gasteiger partial charge in [-0.15, -0.1) is 0 Å². The Balaban J connectivity index is 2.79. The van der Waals surface area contributed by atoms with Crippen molar-refractivity contribution in [1.29, 1.82) is 0 Å². The molecule has 0 radical (unpaired) electrons. The zero-order chi connectivity index (χ0) is 9.42. The van der Waals surface area contributed by atoms with E-state index in [1.54, 1.807) is 6.20 Å². The molecular formula is C8H8N4O. The number of nitrogens with one attached hydrogen (secondary N) is 1. The lowest BCUT2D eigenvalue weighted by Gasteiger charge is -1.92. The number of hydrogen-bond acceptors (Lipinski definition) is 3. The van der Waals surface area contributed by atoms with E-state index < -0.39 is 5.91 Å². The fourth-order valence-corrected chi connectivity index (χ4v) is 1.20. The number of rotatable bonds is 1. The van der Waals surface area contributed by atoms with Crippen molar-refractivity contribution in [3.63, 3.8) is 0 Å². The number of hydrogen-bond donors (Lipinski definition) is 2. The lowest BCUT2D eigenvalue weighted by atomic mass is 10.2. The Hall–Kier alpha value is -1.91. The van der Waals surface area contributed by atoms with Gasteiger partial charge in [-0.25, -0.2) is 4.98 Å². The fraction of sp³-hybridized carbons (Fsp3) is 0.125. The van der Waals surface area contributed by atoms with E-state index in [2.05, 4.69) is 15.2 Å². The van der Waals surface area contributed by atoms with Crippen LogP contribution >= 0.6 is 0 Å². The first-order valence-electron chi connectivity index (χ1n) is 3.79. The molecule has 0 saturated carbocycles. The summed E-state index contributed by atoms with van der Waals surface area (Å²) in [5, 5.41) is 7.08. The second-order valence-corrected chi connectivity index (χ2v) is 2.85. The summed E-state index contributed by atoms with van der Waals surface area (Å²) in [6.07, 6.45) is 1.70. The minimum Gasteiger partial charge on any atom is -0.364 e. The van der Waals surface area contributed by atoms with Gasteiger partial charge >= 0.3 is 0 Å². The molecule has 5 heteroatoms. The van der Waals surface area contributed by atoms with E-state index in [0.29, 0.717) is 11.0 Å². The molecule has 2 rings (SSSR count). The van der Waals surface area contributed by atoms with E-state index in [-0.39, 0.29) is 5.69 Å². The van der Waals surface area contributed by atoms with Crippen molar-refractivity contribution < 1.29 is 4.79 Å². The van der Waals surface area contributed by atoms with E-state index in [4.69, 9.17) is 5.73 Å². The van der Waals surface area contributed by atoms with Crippen molar-refractivity contribution in [2.75, 3.05) is 0 Å². The Morgan fingerprint density at radius 3 is 3.08 bits per heavy atom. The summed E-state index contributed by atoms with van der Waals surface area (Å²) in [6.45, 7) is 1.89. The van der Waals surface area contributed by atoms with Gasteiger partial charge in [-0.05, 0) is 18.6 Å². The summed E-state index contributed by atoms with van der Waals surface area (Å²) < 4.78 is 0. The van der Waals surface area contributed by atoms with Crippen molar-refractivity contribution in [2.24, 2.45) is 5.73 Å². The number of aromatic nitrogens is 3. The number of carbonyl (C=O) groups is 1. The largest absolute Gasteiger partial charge is 0.364 e. The molecule has 2 heterocycles. The number of carbonyl (C=O) groups excluding carboxylic acids is 1. The maximum Gasteiger partial charge on any atom is 0.269 e. The van der Waals surface area contributed by atoms with Crippen LogP contribution in [0.4, 0.5) is 0 Å². The lowest BCUT2D eigenvalue weighted by Crippen LogP contribution is -2.11. The molecule has 0 fully saturated rings. The summed E-state index contributed by atoms with van der Waals surface area (Å²) in [5.74, 6) is -0.543. The van der Waals surface area contributed by atoms with Crippen LogP contribution in [0.25, 0.3) is 11.0 Å². The number of H-pyrrole nitrogens is 1. The molecule has 0 aliphatic carbocycles. The SMILES string of the molecule is Cc1cnc2[nH]nc(C(N)=O)c2c1. The van der Waals surface area contributed by atoms with E-state index in [1.165, 1.54) is 0 Å². The van der Waals surface area contributed by atoms with Crippen molar-refractivity contribution in [3.8, 4) is 0 Å². The van der Waals surface area contributed by atoms with Crippen LogP contribution in [-0.2, 0) is 0 Å². The van der Waals surface area contributed by atoms with Gasteiger partial charge in [0.05, 0.1) is 5.39 Å². The fourth-order valence-electron chi connectivity index (χ4n) is 1.20. The van der Waals surface area contributed by atoms with E-state index >= 15 is 0 Å². The van der Waals surface area contributed by atoms with E-state index in [0.717, 1.165) is 5.56 Å². The van der Waals surface area contributed by atoms with Gasteiger partial charge in [-0.1, -0.05) is 0 Å². The monoisotopic (exact) mass is 176 g/mol. The lowest BCUT2D eigenvalue weighted by molar-refractivity contribution is 0.0997. The molecule has 2 aromatic heterocycles. The molecule has 66 valence electrons. The number of fused-ring (bicyclic) bond motifs is 1. The quantitative estimate of drug-likeness (QED) is 0.658. The third kappa shape index (κ3) is 1.14. The third-order valence-corrected chi connectivity index (χ3v) is 1.79. The van der Waals surface area contributed by atoms with Crippen molar-refractivity contribution in [1.82, 2.24) is 15.2 Å². The highest BCUT2D eigenvalue weighted by Gasteiger charge is 2.10. The minimum absolute atomic E-state index is 0.242. The number of nitrogens with two attached hydrogens (primary N) is 1. The Morgan fingerprint density at radius 2 is 2.38 bits per heavy atom. The van der Waals surface area contributed by atoms with Crippen molar-refractivity contribution in [3.05, 3.63) is 23.5 Å². The second-order valence-electron chi connectivity index (χ2n) is 2.85. The van der Waals surface area contributed by atoms with Crippen LogP contribution in [0.5, 0.6) is 0 Å². The first-order valence-corrected chi connectivity index (χ1v) is 3.79. The molecular weight excluding hydrogens is 168 g/mol. The van der Waals surface area contributed by atoms with Crippen LogP contribution in [0, 0.1) is 6.92 Å². The smallest absolute Gasteiger partial charge is 0.269 e. The second kappa shape index (κ2) is 2.55. The maximum atomic E-state index is 10.9. The molecule has 0 aliphatic rings. The van der Waals surface area contributed by atoms with Crippen LogP contribution < -0.4 is 5.73 Å². The van der Waals surface area contributed by atoms with Gasteiger partial charge < -0.3 is 5.73 Å². The number of pyridine rings is 1. The van der Waals surface area contributed by atoms with Crippen LogP contribution in [-0.4, -0.2) is 21.1 Å². The van der Waals surface area contributed by atoms with Crippen LogP contribution in [0.15, 0.2) is 12.3 Å². The number of aromatic amines is 1. The number of aryl methyl sites for hydroxylation is 1.